The van der Waals surface area contributed by atoms with E-state index in [-0.39, 0.29) is 5.78 Å². The van der Waals surface area contributed by atoms with E-state index >= 15 is 0 Å². The molecule has 1 atom stereocenters. The lowest BCUT2D eigenvalue weighted by atomic mass is 9.87. The minimum atomic E-state index is 0.179. The van der Waals surface area contributed by atoms with E-state index in [0.29, 0.717) is 12.3 Å². The topological polar surface area (TPSA) is 70.7 Å². The zero-order chi connectivity index (χ0) is 16.5. The summed E-state index contributed by atoms with van der Waals surface area (Å²) in [5, 5.41) is 3.34. The van der Waals surface area contributed by atoms with Crippen LogP contribution in [0.25, 0.3) is 11.3 Å². The maximum atomic E-state index is 12.7. The molecule has 1 aliphatic rings. The van der Waals surface area contributed by atoms with E-state index in [2.05, 4.69) is 27.2 Å². The Hall–Kier alpha value is -2.95. The first-order valence-corrected chi connectivity index (χ1v) is 8.09. The molecule has 3 heterocycles. The van der Waals surface area contributed by atoms with Crippen molar-refractivity contribution in [3.05, 3.63) is 60.2 Å². The Morgan fingerprint density at radius 1 is 1.12 bits per heavy atom. The lowest BCUT2D eigenvalue weighted by Crippen LogP contribution is -2.17. The second-order valence-corrected chi connectivity index (χ2v) is 6.24. The number of aromatic amines is 1. The Morgan fingerprint density at radius 3 is 2.71 bits per heavy atom. The lowest BCUT2D eigenvalue weighted by Gasteiger charge is -2.18. The molecule has 120 valence electrons. The van der Waals surface area contributed by atoms with E-state index in [1.807, 2.05) is 30.3 Å². The number of ketones is 1. The third-order valence-corrected chi connectivity index (χ3v) is 4.33. The van der Waals surface area contributed by atoms with Crippen LogP contribution in [-0.2, 0) is 6.42 Å². The van der Waals surface area contributed by atoms with Gasteiger partial charge in [0.1, 0.15) is 5.82 Å². The number of H-pyrrole nitrogens is 1. The van der Waals surface area contributed by atoms with Crippen LogP contribution in [0.4, 0.5) is 11.5 Å². The van der Waals surface area contributed by atoms with E-state index in [0.717, 1.165) is 40.4 Å². The molecule has 0 saturated carbocycles. The summed E-state index contributed by atoms with van der Waals surface area (Å²) in [7, 11) is 0. The third-order valence-electron chi connectivity index (χ3n) is 4.33. The van der Waals surface area contributed by atoms with Gasteiger partial charge in [0.15, 0.2) is 5.78 Å². The monoisotopic (exact) mass is 318 g/mol. The second kappa shape index (κ2) is 5.92. The summed E-state index contributed by atoms with van der Waals surface area (Å²) in [6, 6.07) is 9.56. The van der Waals surface area contributed by atoms with E-state index in [1.165, 1.54) is 0 Å². The van der Waals surface area contributed by atoms with Crippen LogP contribution >= 0.6 is 0 Å². The number of pyridine rings is 2. The first kappa shape index (κ1) is 14.6. The predicted octanol–water partition coefficient (Wildman–Crippen LogP) is 3.98. The molecule has 2 N–H and O–H groups in total. The highest BCUT2D eigenvalue weighted by atomic mass is 16.1. The molecule has 5 heteroatoms. The molecule has 3 aromatic rings. The standard InChI is InChI=1S/C19H18N4O/c1-12-10-14-17(15(24)11-12)19(23-16-4-2-3-7-21-16)18(22-14)13-5-8-20-9-6-13/h2-9,12,22H,10-11H2,1H3,(H,21,23). The summed E-state index contributed by atoms with van der Waals surface area (Å²) in [6.07, 6.45) is 6.70. The molecule has 0 aromatic carbocycles. The predicted molar refractivity (Wildman–Crippen MR) is 93.4 cm³/mol. The van der Waals surface area contributed by atoms with E-state index in [1.54, 1.807) is 18.6 Å². The van der Waals surface area contributed by atoms with Gasteiger partial charge in [-0.3, -0.25) is 9.78 Å². The van der Waals surface area contributed by atoms with Gasteiger partial charge in [-0.15, -0.1) is 0 Å². The largest absolute Gasteiger partial charge is 0.356 e. The van der Waals surface area contributed by atoms with Gasteiger partial charge in [-0.1, -0.05) is 13.0 Å². The van der Waals surface area contributed by atoms with Gasteiger partial charge in [0.05, 0.1) is 16.9 Å². The number of aromatic nitrogens is 3. The molecule has 0 bridgehead atoms. The van der Waals surface area contributed by atoms with Crippen molar-refractivity contribution in [3.63, 3.8) is 0 Å². The Kier molecular flexibility index (Phi) is 3.61. The molecule has 1 unspecified atom stereocenters. The van der Waals surface area contributed by atoms with Crippen molar-refractivity contribution >= 4 is 17.3 Å². The molecule has 0 amide bonds. The average Bonchev–Trinajstić information content (AvgIpc) is 2.95. The van der Waals surface area contributed by atoms with Crippen molar-refractivity contribution in [2.45, 2.75) is 19.8 Å². The highest BCUT2D eigenvalue weighted by Gasteiger charge is 2.30. The fourth-order valence-electron chi connectivity index (χ4n) is 3.28. The van der Waals surface area contributed by atoms with Crippen LogP contribution in [0.15, 0.2) is 48.9 Å². The number of rotatable bonds is 3. The number of nitrogens with one attached hydrogen (secondary N) is 2. The first-order chi connectivity index (χ1) is 11.7. The van der Waals surface area contributed by atoms with Gasteiger partial charge < -0.3 is 10.3 Å². The van der Waals surface area contributed by atoms with Crippen molar-refractivity contribution in [1.29, 1.82) is 0 Å². The Morgan fingerprint density at radius 2 is 1.96 bits per heavy atom. The summed E-state index contributed by atoms with van der Waals surface area (Å²) in [5.74, 6) is 1.26. The van der Waals surface area contributed by atoms with E-state index in [9.17, 15) is 4.79 Å². The minimum Gasteiger partial charge on any atom is -0.356 e. The molecule has 4 rings (SSSR count). The quantitative estimate of drug-likeness (QED) is 0.766. The number of carbonyl (C=O) groups excluding carboxylic acids is 1. The highest BCUT2D eigenvalue weighted by molar-refractivity contribution is 6.07. The third kappa shape index (κ3) is 2.58. The number of fused-ring (bicyclic) bond motifs is 1. The number of nitrogens with zero attached hydrogens (tertiary/aromatic N) is 2. The summed E-state index contributed by atoms with van der Waals surface area (Å²) < 4.78 is 0. The molecular weight excluding hydrogens is 300 g/mol. The SMILES string of the molecule is CC1CC(=O)c2c([nH]c(-c3ccncc3)c2Nc2ccccn2)C1. The van der Waals surface area contributed by atoms with Crippen molar-refractivity contribution in [1.82, 2.24) is 15.0 Å². The van der Waals surface area contributed by atoms with Crippen LogP contribution < -0.4 is 5.32 Å². The number of hydrogen-bond acceptors (Lipinski definition) is 4. The second-order valence-electron chi connectivity index (χ2n) is 6.24. The molecule has 24 heavy (non-hydrogen) atoms. The Balaban J connectivity index is 1.87. The normalized spacial score (nSPS) is 16.7. The highest BCUT2D eigenvalue weighted by Crippen LogP contribution is 2.39. The molecule has 0 radical (unpaired) electrons. The molecule has 5 nitrogen and oxygen atoms in total. The van der Waals surface area contributed by atoms with Crippen molar-refractivity contribution in [2.75, 3.05) is 5.32 Å². The number of carbonyl (C=O) groups is 1. The smallest absolute Gasteiger partial charge is 0.167 e. The first-order valence-electron chi connectivity index (χ1n) is 8.09. The maximum absolute atomic E-state index is 12.7. The molecule has 0 aliphatic heterocycles. The van der Waals surface area contributed by atoms with Gasteiger partial charge in [0.25, 0.3) is 0 Å². The molecule has 1 aliphatic carbocycles. The fraction of sp³-hybridized carbons (Fsp3) is 0.211. The minimum absolute atomic E-state index is 0.179. The molecule has 3 aromatic heterocycles. The summed E-state index contributed by atoms with van der Waals surface area (Å²) >= 11 is 0. The molecule has 0 saturated heterocycles. The van der Waals surface area contributed by atoms with Crippen molar-refractivity contribution < 1.29 is 4.79 Å². The van der Waals surface area contributed by atoms with Crippen LogP contribution in [0.5, 0.6) is 0 Å². The van der Waals surface area contributed by atoms with Crippen molar-refractivity contribution in [3.8, 4) is 11.3 Å². The van der Waals surface area contributed by atoms with Crippen LogP contribution in [0, 0.1) is 5.92 Å². The van der Waals surface area contributed by atoms with Gasteiger partial charge in [0.2, 0.25) is 0 Å². The Labute approximate surface area is 140 Å². The summed E-state index contributed by atoms with van der Waals surface area (Å²) in [6.45, 7) is 2.11. The van der Waals surface area contributed by atoms with Gasteiger partial charge in [0, 0.05) is 36.3 Å². The van der Waals surface area contributed by atoms with Gasteiger partial charge in [-0.2, -0.15) is 0 Å². The zero-order valence-electron chi connectivity index (χ0n) is 13.4. The fourth-order valence-corrected chi connectivity index (χ4v) is 3.28. The van der Waals surface area contributed by atoms with Crippen LogP contribution in [-0.4, -0.2) is 20.7 Å². The van der Waals surface area contributed by atoms with Gasteiger partial charge in [-0.25, -0.2) is 4.98 Å². The molecular formula is C19H18N4O. The van der Waals surface area contributed by atoms with Gasteiger partial charge >= 0.3 is 0 Å². The average molecular weight is 318 g/mol. The van der Waals surface area contributed by atoms with Crippen LogP contribution in [0.3, 0.4) is 0 Å². The van der Waals surface area contributed by atoms with E-state index in [4.69, 9.17) is 0 Å². The molecule has 0 fully saturated rings. The number of anilines is 2. The maximum Gasteiger partial charge on any atom is 0.167 e. The van der Waals surface area contributed by atoms with Crippen molar-refractivity contribution in [2.24, 2.45) is 5.92 Å². The Bertz CT molecular complexity index is 871. The summed E-state index contributed by atoms with van der Waals surface area (Å²) in [5.41, 5.74) is 4.50. The molecule has 0 spiro atoms. The zero-order valence-corrected chi connectivity index (χ0v) is 13.4. The number of hydrogen-bond donors (Lipinski definition) is 2. The number of Topliss-reactive ketones (excluding diaryl/α,β-unsaturated/α-hetero) is 1. The lowest BCUT2D eigenvalue weighted by molar-refractivity contribution is 0.0954. The van der Waals surface area contributed by atoms with Crippen LogP contribution in [0.1, 0.15) is 29.4 Å². The van der Waals surface area contributed by atoms with Crippen LogP contribution in [0.2, 0.25) is 0 Å². The van der Waals surface area contributed by atoms with E-state index < -0.39 is 0 Å². The summed E-state index contributed by atoms with van der Waals surface area (Å²) in [4.78, 5) is 24.5. The van der Waals surface area contributed by atoms with Gasteiger partial charge in [-0.05, 0) is 36.6 Å².